The van der Waals surface area contributed by atoms with Crippen LogP contribution in [0, 0.1) is 40.4 Å². The molecule has 0 aromatic heterocycles. The van der Waals surface area contributed by atoms with Gasteiger partial charge in [0.05, 0.1) is 12.2 Å². The topological polar surface area (TPSA) is 78.8 Å². The van der Waals surface area contributed by atoms with Crippen molar-refractivity contribution in [2.45, 2.75) is 84.3 Å². The van der Waals surface area contributed by atoms with Gasteiger partial charge in [-0.3, -0.25) is 9.83 Å². The number of carbonyl (C=O) groups is 1. The third-order valence-corrected chi connectivity index (χ3v) is 9.30. The standard InChI is InChI=1S/C21H34O5/c1-12(22)15-4-5-16-14-11-19(23)18-10-13(25-26-24)6-8-21(18,3)17(14)7-9-20(15,16)2/h13-19,23-24H,4-11H2,1-3H3/p-1/t13-,14?,15+,16?,17?,18-,19+,20+,21+/m0/s1. The SMILES string of the molecule is CC(=O)[C@H]1CCC2C3C[C@@H](O)[C@@H]4C[C@@H](OO[O-])CC[C@]4(C)C3CC[C@@]21C. The fraction of sp³-hybridized carbons (Fsp3) is 0.952. The lowest BCUT2D eigenvalue weighted by molar-refractivity contribution is -0.805. The van der Waals surface area contributed by atoms with Crippen LogP contribution in [0.4, 0.5) is 0 Å². The summed E-state index contributed by atoms with van der Waals surface area (Å²) in [6.45, 7) is 6.45. The van der Waals surface area contributed by atoms with E-state index in [4.69, 9.17) is 4.89 Å². The van der Waals surface area contributed by atoms with E-state index in [1.165, 1.54) is 0 Å². The van der Waals surface area contributed by atoms with Crippen LogP contribution in [0.3, 0.4) is 0 Å². The van der Waals surface area contributed by atoms with Crippen molar-refractivity contribution in [2.24, 2.45) is 40.4 Å². The average molecular weight is 365 g/mol. The zero-order valence-corrected chi connectivity index (χ0v) is 16.3. The Balaban J connectivity index is 1.60. The number of Topliss-reactive ketones (excluding diaryl/α,β-unsaturated/α-hetero) is 1. The second kappa shape index (κ2) is 6.54. The molecule has 5 heteroatoms. The molecule has 0 radical (unpaired) electrons. The van der Waals surface area contributed by atoms with E-state index in [-0.39, 0.29) is 34.9 Å². The minimum absolute atomic E-state index is 0.0979. The lowest BCUT2D eigenvalue weighted by Crippen LogP contribution is -2.58. The molecule has 0 aromatic carbocycles. The molecule has 0 bridgehead atoms. The van der Waals surface area contributed by atoms with Crippen LogP contribution in [0.15, 0.2) is 0 Å². The van der Waals surface area contributed by atoms with Crippen LogP contribution in [0.1, 0.15) is 72.1 Å². The minimum Gasteiger partial charge on any atom is -0.692 e. The van der Waals surface area contributed by atoms with Crippen molar-refractivity contribution >= 4 is 5.78 Å². The molecule has 0 aromatic rings. The molecular formula is C21H33O5-. The van der Waals surface area contributed by atoms with Crippen LogP contribution in [0.25, 0.3) is 0 Å². The van der Waals surface area contributed by atoms with Crippen molar-refractivity contribution in [1.82, 2.24) is 0 Å². The molecule has 3 unspecified atom stereocenters. The van der Waals surface area contributed by atoms with Gasteiger partial charge in [0.2, 0.25) is 0 Å². The normalized spacial score (nSPS) is 53.5. The smallest absolute Gasteiger partial charge is 0.133 e. The van der Waals surface area contributed by atoms with Gasteiger partial charge in [-0.05, 0) is 92.8 Å². The maximum Gasteiger partial charge on any atom is 0.133 e. The fourth-order valence-electron chi connectivity index (χ4n) is 8.07. The number of aliphatic hydroxyl groups is 1. The van der Waals surface area contributed by atoms with Gasteiger partial charge in [0.25, 0.3) is 0 Å². The molecule has 1 N–H and O–H groups in total. The van der Waals surface area contributed by atoms with Gasteiger partial charge in [-0.2, -0.15) is 0 Å². The van der Waals surface area contributed by atoms with Gasteiger partial charge < -0.3 is 10.4 Å². The van der Waals surface area contributed by atoms with E-state index in [2.05, 4.69) is 18.9 Å². The number of hydrogen-bond donors (Lipinski definition) is 1. The third-order valence-electron chi connectivity index (χ3n) is 9.30. The van der Waals surface area contributed by atoms with Crippen molar-refractivity contribution in [3.63, 3.8) is 0 Å². The number of rotatable bonds is 3. The summed E-state index contributed by atoms with van der Waals surface area (Å²) in [5, 5.41) is 25.1. The highest BCUT2D eigenvalue weighted by Gasteiger charge is 2.62. The first-order chi connectivity index (χ1) is 12.3. The molecule has 4 rings (SSSR count). The van der Waals surface area contributed by atoms with E-state index in [0.29, 0.717) is 30.0 Å². The maximum absolute atomic E-state index is 12.2. The van der Waals surface area contributed by atoms with Gasteiger partial charge in [-0.25, -0.2) is 4.89 Å². The molecule has 0 spiro atoms. The number of fused-ring (bicyclic) bond motifs is 5. The van der Waals surface area contributed by atoms with Gasteiger partial charge in [0.15, 0.2) is 0 Å². The van der Waals surface area contributed by atoms with Crippen LogP contribution in [0.2, 0.25) is 0 Å². The van der Waals surface area contributed by atoms with Gasteiger partial charge in [-0.15, -0.1) is 0 Å². The Morgan fingerprint density at radius 3 is 2.38 bits per heavy atom. The Hall–Kier alpha value is -0.490. The Morgan fingerprint density at radius 1 is 1.00 bits per heavy atom. The van der Waals surface area contributed by atoms with E-state index in [0.717, 1.165) is 44.9 Å². The summed E-state index contributed by atoms with van der Waals surface area (Å²) in [5.41, 5.74) is 0.216. The molecule has 4 aliphatic carbocycles. The summed E-state index contributed by atoms with van der Waals surface area (Å²) >= 11 is 0. The first-order valence-corrected chi connectivity index (χ1v) is 10.4. The van der Waals surface area contributed by atoms with Gasteiger partial charge >= 0.3 is 0 Å². The predicted molar refractivity (Wildman–Crippen MR) is 93.2 cm³/mol. The Morgan fingerprint density at radius 2 is 1.69 bits per heavy atom. The van der Waals surface area contributed by atoms with Crippen LogP contribution in [-0.2, 0) is 14.7 Å². The molecule has 26 heavy (non-hydrogen) atoms. The molecule has 0 saturated heterocycles. The summed E-state index contributed by atoms with van der Waals surface area (Å²) in [6, 6.07) is 0. The van der Waals surface area contributed by atoms with Crippen molar-refractivity contribution in [1.29, 1.82) is 0 Å². The Kier molecular flexibility index (Phi) is 4.74. The number of aliphatic hydroxyl groups excluding tert-OH is 1. The van der Waals surface area contributed by atoms with Crippen molar-refractivity contribution in [3.05, 3.63) is 0 Å². The molecule has 4 saturated carbocycles. The van der Waals surface area contributed by atoms with Gasteiger partial charge in [0, 0.05) is 5.92 Å². The number of hydrogen-bond acceptors (Lipinski definition) is 5. The highest BCUT2D eigenvalue weighted by Crippen LogP contribution is 2.67. The highest BCUT2D eigenvalue weighted by molar-refractivity contribution is 5.79. The van der Waals surface area contributed by atoms with Crippen LogP contribution in [-0.4, -0.2) is 23.1 Å². The molecule has 0 aliphatic heterocycles. The summed E-state index contributed by atoms with van der Waals surface area (Å²) in [5.74, 6) is 2.41. The van der Waals surface area contributed by atoms with E-state index in [1.54, 1.807) is 6.92 Å². The Bertz CT molecular complexity index is 565. The average Bonchev–Trinajstić information content (AvgIpc) is 2.94. The summed E-state index contributed by atoms with van der Waals surface area (Å²) < 4.78 is 0. The highest BCUT2D eigenvalue weighted by atomic mass is 17.5. The lowest BCUT2D eigenvalue weighted by Gasteiger charge is -2.62. The monoisotopic (exact) mass is 365 g/mol. The minimum atomic E-state index is -0.349. The van der Waals surface area contributed by atoms with Gasteiger partial charge in [-0.1, -0.05) is 13.8 Å². The van der Waals surface area contributed by atoms with Crippen LogP contribution < -0.4 is 5.26 Å². The second-order valence-electron chi connectivity index (χ2n) is 10.1. The molecule has 148 valence electrons. The van der Waals surface area contributed by atoms with Crippen molar-refractivity contribution in [2.75, 3.05) is 0 Å². The zero-order chi connectivity index (χ0) is 18.7. The molecular weight excluding hydrogens is 332 g/mol. The molecule has 9 atom stereocenters. The quantitative estimate of drug-likeness (QED) is 0.614. The zero-order valence-electron chi connectivity index (χ0n) is 16.3. The molecule has 4 fully saturated rings. The van der Waals surface area contributed by atoms with Gasteiger partial charge in [0.1, 0.15) is 5.78 Å². The predicted octanol–water partition coefficient (Wildman–Crippen LogP) is 2.80. The summed E-state index contributed by atoms with van der Waals surface area (Å²) in [7, 11) is 0. The van der Waals surface area contributed by atoms with Crippen LogP contribution >= 0.6 is 0 Å². The maximum atomic E-state index is 12.2. The van der Waals surface area contributed by atoms with E-state index in [9.17, 15) is 15.2 Å². The van der Waals surface area contributed by atoms with E-state index in [1.807, 2.05) is 0 Å². The first-order valence-electron chi connectivity index (χ1n) is 10.4. The molecule has 5 nitrogen and oxygen atoms in total. The number of carbonyl (C=O) groups excluding carboxylic acids is 1. The number of ketones is 1. The van der Waals surface area contributed by atoms with E-state index < -0.39 is 0 Å². The Labute approximate surface area is 156 Å². The fourth-order valence-corrected chi connectivity index (χ4v) is 8.07. The molecule has 4 aliphatic rings. The third kappa shape index (κ3) is 2.61. The van der Waals surface area contributed by atoms with Crippen molar-refractivity contribution < 1.29 is 25.1 Å². The van der Waals surface area contributed by atoms with Crippen molar-refractivity contribution in [3.8, 4) is 0 Å². The van der Waals surface area contributed by atoms with Crippen LogP contribution in [0.5, 0.6) is 0 Å². The molecule has 0 amide bonds. The summed E-state index contributed by atoms with van der Waals surface area (Å²) in [4.78, 5) is 17.1. The summed E-state index contributed by atoms with van der Waals surface area (Å²) in [6.07, 6.45) is 7.24. The second-order valence-corrected chi connectivity index (χ2v) is 10.1. The lowest BCUT2D eigenvalue weighted by atomic mass is 9.44. The molecule has 0 heterocycles. The largest absolute Gasteiger partial charge is 0.692 e. The van der Waals surface area contributed by atoms with E-state index >= 15 is 0 Å². The first kappa shape index (κ1) is 18.9.